The molecule has 1 aromatic rings. The highest BCUT2D eigenvalue weighted by Gasteiger charge is 2.22. The minimum Gasteiger partial charge on any atom is -0.339 e. The van der Waals surface area contributed by atoms with Gasteiger partial charge in [0.1, 0.15) is 0 Å². The van der Waals surface area contributed by atoms with Crippen molar-refractivity contribution in [3.05, 3.63) is 35.4 Å². The van der Waals surface area contributed by atoms with Gasteiger partial charge in [0.2, 0.25) is 11.8 Å². The number of hydrogen-bond acceptors (Lipinski definition) is 2. The van der Waals surface area contributed by atoms with Gasteiger partial charge in [-0.2, -0.15) is 0 Å². The monoisotopic (exact) mass is 316 g/mol. The van der Waals surface area contributed by atoms with E-state index in [1.165, 1.54) is 11.1 Å². The van der Waals surface area contributed by atoms with E-state index in [4.69, 9.17) is 0 Å². The summed E-state index contributed by atoms with van der Waals surface area (Å²) >= 11 is 0. The standard InChI is InChI=1S/C19H28N2O2/c1-4-18(22)20-11-13-21(14-12-20)19(23)10-7-16-5-8-17(9-6-16)15(2)3/h5-6,8-9,15H,4,7,10-14H2,1-3H3. The number of piperazine rings is 1. The molecule has 0 aliphatic carbocycles. The van der Waals surface area contributed by atoms with Crippen LogP contribution in [0, 0.1) is 0 Å². The Morgan fingerprint density at radius 1 is 0.957 bits per heavy atom. The molecule has 1 saturated heterocycles. The van der Waals surface area contributed by atoms with Crippen LogP contribution in [0.1, 0.15) is 50.7 Å². The molecule has 1 aliphatic rings. The fourth-order valence-electron chi connectivity index (χ4n) is 2.91. The predicted octanol–water partition coefficient (Wildman–Crippen LogP) is 2.82. The summed E-state index contributed by atoms with van der Waals surface area (Å²) in [6.07, 6.45) is 1.87. The highest BCUT2D eigenvalue weighted by Crippen LogP contribution is 2.16. The number of rotatable bonds is 5. The van der Waals surface area contributed by atoms with Crippen LogP contribution in [0.3, 0.4) is 0 Å². The van der Waals surface area contributed by atoms with E-state index in [2.05, 4.69) is 38.1 Å². The van der Waals surface area contributed by atoms with Crippen molar-refractivity contribution in [3.8, 4) is 0 Å². The van der Waals surface area contributed by atoms with Gasteiger partial charge in [0, 0.05) is 39.0 Å². The van der Waals surface area contributed by atoms with Crippen molar-refractivity contribution in [3.63, 3.8) is 0 Å². The third-order valence-electron chi connectivity index (χ3n) is 4.56. The lowest BCUT2D eigenvalue weighted by Gasteiger charge is -2.34. The molecule has 23 heavy (non-hydrogen) atoms. The lowest BCUT2D eigenvalue weighted by molar-refractivity contribution is -0.139. The molecular weight excluding hydrogens is 288 g/mol. The zero-order valence-electron chi connectivity index (χ0n) is 14.5. The van der Waals surface area contributed by atoms with Crippen LogP contribution in [-0.4, -0.2) is 47.8 Å². The lowest BCUT2D eigenvalue weighted by Crippen LogP contribution is -2.50. The van der Waals surface area contributed by atoms with Crippen LogP contribution in [0.4, 0.5) is 0 Å². The summed E-state index contributed by atoms with van der Waals surface area (Å²) in [6.45, 7) is 8.91. The smallest absolute Gasteiger partial charge is 0.223 e. The third kappa shape index (κ3) is 4.81. The fraction of sp³-hybridized carbons (Fsp3) is 0.579. The maximum atomic E-state index is 12.3. The molecule has 0 N–H and O–H groups in total. The molecule has 126 valence electrons. The summed E-state index contributed by atoms with van der Waals surface area (Å²) in [6, 6.07) is 8.56. The minimum absolute atomic E-state index is 0.183. The Morgan fingerprint density at radius 3 is 1.96 bits per heavy atom. The summed E-state index contributed by atoms with van der Waals surface area (Å²) < 4.78 is 0. The first kappa shape index (κ1) is 17.5. The normalized spacial score (nSPS) is 15.1. The van der Waals surface area contributed by atoms with E-state index in [1.807, 2.05) is 16.7 Å². The van der Waals surface area contributed by atoms with Gasteiger partial charge in [-0.25, -0.2) is 0 Å². The van der Waals surface area contributed by atoms with Gasteiger partial charge in [-0.15, -0.1) is 0 Å². The first-order valence-corrected chi connectivity index (χ1v) is 8.65. The molecular formula is C19H28N2O2. The summed E-state index contributed by atoms with van der Waals surface area (Å²) in [4.78, 5) is 27.7. The number of carbonyl (C=O) groups excluding carboxylic acids is 2. The van der Waals surface area contributed by atoms with Crippen molar-refractivity contribution in [2.24, 2.45) is 0 Å². The Balaban J connectivity index is 1.78. The van der Waals surface area contributed by atoms with Crippen LogP contribution < -0.4 is 0 Å². The van der Waals surface area contributed by atoms with Gasteiger partial charge in [-0.3, -0.25) is 9.59 Å². The number of amides is 2. The SMILES string of the molecule is CCC(=O)N1CCN(C(=O)CCc2ccc(C(C)C)cc2)CC1. The lowest BCUT2D eigenvalue weighted by atomic mass is 10.00. The Labute approximate surface area is 139 Å². The van der Waals surface area contributed by atoms with Gasteiger partial charge in [-0.05, 0) is 23.5 Å². The van der Waals surface area contributed by atoms with Gasteiger partial charge >= 0.3 is 0 Å². The molecule has 0 aromatic heterocycles. The van der Waals surface area contributed by atoms with Gasteiger partial charge < -0.3 is 9.80 Å². The molecule has 1 aromatic carbocycles. The summed E-state index contributed by atoms with van der Waals surface area (Å²) in [5.41, 5.74) is 2.54. The average molecular weight is 316 g/mol. The second-order valence-electron chi connectivity index (χ2n) is 6.51. The van der Waals surface area contributed by atoms with Crippen LogP contribution in [-0.2, 0) is 16.0 Å². The Kier molecular flexibility index (Phi) is 6.20. The largest absolute Gasteiger partial charge is 0.339 e. The molecule has 1 heterocycles. The molecule has 0 spiro atoms. The minimum atomic E-state index is 0.183. The summed E-state index contributed by atoms with van der Waals surface area (Å²) in [5.74, 6) is 0.914. The number of hydrogen-bond donors (Lipinski definition) is 0. The van der Waals surface area contributed by atoms with Crippen molar-refractivity contribution in [1.29, 1.82) is 0 Å². The predicted molar refractivity (Wildman–Crippen MR) is 92.3 cm³/mol. The second-order valence-corrected chi connectivity index (χ2v) is 6.51. The molecule has 0 radical (unpaired) electrons. The highest BCUT2D eigenvalue weighted by molar-refractivity contribution is 5.78. The maximum absolute atomic E-state index is 12.3. The van der Waals surface area contributed by atoms with Crippen molar-refractivity contribution in [2.75, 3.05) is 26.2 Å². The first-order chi connectivity index (χ1) is 11.0. The summed E-state index contributed by atoms with van der Waals surface area (Å²) in [7, 11) is 0. The molecule has 0 bridgehead atoms. The quantitative estimate of drug-likeness (QED) is 0.838. The van der Waals surface area contributed by atoms with Crippen LogP contribution in [0.25, 0.3) is 0 Å². The van der Waals surface area contributed by atoms with Gasteiger partial charge in [0.15, 0.2) is 0 Å². The zero-order valence-corrected chi connectivity index (χ0v) is 14.5. The maximum Gasteiger partial charge on any atom is 0.223 e. The van der Waals surface area contributed by atoms with Gasteiger partial charge in [0.25, 0.3) is 0 Å². The van der Waals surface area contributed by atoms with E-state index in [0.29, 0.717) is 44.9 Å². The summed E-state index contributed by atoms with van der Waals surface area (Å²) in [5, 5.41) is 0. The fourth-order valence-corrected chi connectivity index (χ4v) is 2.91. The van der Waals surface area contributed by atoms with Crippen molar-refractivity contribution in [2.45, 2.75) is 46.0 Å². The third-order valence-corrected chi connectivity index (χ3v) is 4.56. The van der Waals surface area contributed by atoms with E-state index in [0.717, 1.165) is 6.42 Å². The van der Waals surface area contributed by atoms with E-state index in [1.54, 1.807) is 0 Å². The Morgan fingerprint density at radius 2 is 1.48 bits per heavy atom. The number of aryl methyl sites for hydroxylation is 1. The number of nitrogens with zero attached hydrogens (tertiary/aromatic N) is 2. The molecule has 0 atom stereocenters. The molecule has 2 amide bonds. The zero-order chi connectivity index (χ0) is 16.8. The van der Waals surface area contributed by atoms with E-state index in [-0.39, 0.29) is 11.8 Å². The van der Waals surface area contributed by atoms with Crippen LogP contribution in [0.15, 0.2) is 24.3 Å². The molecule has 1 fully saturated rings. The molecule has 4 heteroatoms. The topological polar surface area (TPSA) is 40.6 Å². The van der Waals surface area contributed by atoms with E-state index >= 15 is 0 Å². The van der Waals surface area contributed by atoms with Crippen LogP contribution in [0.5, 0.6) is 0 Å². The Hall–Kier alpha value is -1.84. The van der Waals surface area contributed by atoms with E-state index < -0.39 is 0 Å². The molecule has 1 aliphatic heterocycles. The van der Waals surface area contributed by atoms with Crippen LogP contribution in [0.2, 0.25) is 0 Å². The van der Waals surface area contributed by atoms with Gasteiger partial charge in [-0.1, -0.05) is 45.0 Å². The molecule has 0 saturated carbocycles. The number of benzene rings is 1. The van der Waals surface area contributed by atoms with E-state index in [9.17, 15) is 9.59 Å². The Bertz CT molecular complexity index is 529. The van der Waals surface area contributed by atoms with Gasteiger partial charge in [0.05, 0.1) is 0 Å². The molecule has 2 rings (SSSR count). The number of carbonyl (C=O) groups is 2. The van der Waals surface area contributed by atoms with Crippen molar-refractivity contribution < 1.29 is 9.59 Å². The first-order valence-electron chi connectivity index (χ1n) is 8.65. The average Bonchev–Trinajstić information content (AvgIpc) is 2.59. The van der Waals surface area contributed by atoms with Crippen LogP contribution >= 0.6 is 0 Å². The van der Waals surface area contributed by atoms with Crippen molar-refractivity contribution >= 4 is 11.8 Å². The highest BCUT2D eigenvalue weighted by atomic mass is 16.2. The molecule has 0 unspecified atom stereocenters. The molecule has 4 nitrogen and oxygen atoms in total. The second kappa shape index (κ2) is 8.14. The van der Waals surface area contributed by atoms with Crippen molar-refractivity contribution in [1.82, 2.24) is 9.80 Å².